The average molecular weight is 319 g/mol. The van der Waals surface area contributed by atoms with E-state index in [9.17, 15) is 4.79 Å². The van der Waals surface area contributed by atoms with Crippen LogP contribution in [0.25, 0.3) is 0 Å². The molecule has 0 aromatic heterocycles. The number of rotatable bonds is 5. The van der Waals surface area contributed by atoms with Gasteiger partial charge in [0.15, 0.2) is 11.5 Å². The number of fused-ring (bicyclic) bond motifs is 1. The van der Waals surface area contributed by atoms with Gasteiger partial charge in [-0.25, -0.2) is 0 Å². The first-order valence-corrected chi connectivity index (χ1v) is 8.38. The summed E-state index contributed by atoms with van der Waals surface area (Å²) in [5.41, 5.74) is 1.02. The molecule has 0 spiro atoms. The zero-order valence-electron chi connectivity index (χ0n) is 13.8. The molecule has 1 aromatic carbocycles. The third-order valence-corrected chi connectivity index (χ3v) is 4.57. The number of carbonyl (C=O) groups excluding carboxylic acids is 1. The Labute approximate surface area is 137 Å². The van der Waals surface area contributed by atoms with E-state index in [1.807, 2.05) is 18.2 Å². The third-order valence-electron chi connectivity index (χ3n) is 4.57. The molecule has 1 saturated heterocycles. The molecular weight excluding hydrogens is 294 g/mol. The summed E-state index contributed by atoms with van der Waals surface area (Å²) in [5.74, 6) is 2.56. The summed E-state index contributed by atoms with van der Waals surface area (Å²) in [6.07, 6.45) is 2.82. The number of hydrogen-bond acceptors (Lipinski definition) is 4. The molecule has 1 amide bonds. The van der Waals surface area contributed by atoms with E-state index < -0.39 is 0 Å². The van der Waals surface area contributed by atoms with Crippen LogP contribution in [0.1, 0.15) is 38.7 Å². The first-order chi connectivity index (χ1) is 11.1. The Morgan fingerprint density at radius 1 is 1.30 bits per heavy atom. The van der Waals surface area contributed by atoms with E-state index in [4.69, 9.17) is 14.2 Å². The zero-order chi connectivity index (χ0) is 16.2. The highest BCUT2D eigenvalue weighted by Gasteiger charge is 2.26. The fourth-order valence-electron chi connectivity index (χ4n) is 3.14. The molecule has 1 aromatic rings. The topological polar surface area (TPSA) is 56.8 Å². The highest BCUT2D eigenvalue weighted by Crippen LogP contribution is 2.32. The normalized spacial score (nSPS) is 23.1. The molecule has 1 fully saturated rings. The maximum Gasteiger partial charge on any atom is 0.231 e. The lowest BCUT2D eigenvalue weighted by molar-refractivity contribution is -0.123. The zero-order valence-corrected chi connectivity index (χ0v) is 13.8. The molecule has 3 rings (SSSR count). The van der Waals surface area contributed by atoms with Crippen LogP contribution >= 0.6 is 0 Å². The van der Waals surface area contributed by atoms with E-state index in [0.717, 1.165) is 36.5 Å². The fourth-order valence-corrected chi connectivity index (χ4v) is 3.14. The molecule has 2 atom stereocenters. The lowest BCUT2D eigenvalue weighted by Gasteiger charge is -2.31. The van der Waals surface area contributed by atoms with Gasteiger partial charge in [0.05, 0.1) is 6.10 Å². The highest BCUT2D eigenvalue weighted by atomic mass is 16.7. The van der Waals surface area contributed by atoms with Crippen LogP contribution in [0.3, 0.4) is 0 Å². The van der Waals surface area contributed by atoms with E-state index >= 15 is 0 Å². The molecule has 0 unspecified atom stereocenters. The Morgan fingerprint density at radius 3 is 2.96 bits per heavy atom. The molecule has 2 heterocycles. The Morgan fingerprint density at radius 2 is 2.13 bits per heavy atom. The molecule has 2 aliphatic rings. The third kappa shape index (κ3) is 4.16. The SMILES string of the molecule is CC(C)[C@@H]1C[C@H](CC(=O)NCc2ccc3c(c2)OCO3)CCO1. The van der Waals surface area contributed by atoms with Crippen LogP contribution in [0.5, 0.6) is 11.5 Å². The monoisotopic (exact) mass is 319 g/mol. The molecular formula is C18H25NO4. The minimum Gasteiger partial charge on any atom is -0.454 e. The number of benzene rings is 1. The second-order valence-corrected chi connectivity index (χ2v) is 6.71. The highest BCUT2D eigenvalue weighted by molar-refractivity contribution is 5.76. The van der Waals surface area contributed by atoms with Crippen LogP contribution < -0.4 is 14.8 Å². The van der Waals surface area contributed by atoms with Gasteiger partial charge < -0.3 is 19.5 Å². The second-order valence-electron chi connectivity index (χ2n) is 6.71. The summed E-state index contributed by atoms with van der Waals surface area (Å²) in [6.45, 7) is 5.90. The van der Waals surface area contributed by atoms with Gasteiger partial charge in [0.1, 0.15) is 0 Å². The minimum absolute atomic E-state index is 0.108. The van der Waals surface area contributed by atoms with E-state index in [1.54, 1.807) is 0 Å². The Bertz CT molecular complexity index is 558. The maximum absolute atomic E-state index is 12.2. The van der Waals surface area contributed by atoms with Crippen molar-refractivity contribution in [1.82, 2.24) is 5.32 Å². The molecule has 0 aliphatic carbocycles. The number of carbonyl (C=O) groups is 1. The quantitative estimate of drug-likeness (QED) is 0.906. The van der Waals surface area contributed by atoms with Crippen LogP contribution in [-0.4, -0.2) is 25.4 Å². The smallest absolute Gasteiger partial charge is 0.231 e. The van der Waals surface area contributed by atoms with E-state index in [-0.39, 0.29) is 18.8 Å². The van der Waals surface area contributed by atoms with Crippen molar-refractivity contribution < 1.29 is 19.0 Å². The molecule has 5 nitrogen and oxygen atoms in total. The van der Waals surface area contributed by atoms with Crippen molar-refractivity contribution >= 4 is 5.91 Å². The molecule has 126 valence electrons. The summed E-state index contributed by atoms with van der Waals surface area (Å²) < 4.78 is 16.4. The molecule has 0 bridgehead atoms. The molecule has 1 N–H and O–H groups in total. The summed E-state index contributed by atoms with van der Waals surface area (Å²) in [5, 5.41) is 3.01. The van der Waals surface area contributed by atoms with Crippen molar-refractivity contribution in [2.45, 2.75) is 45.8 Å². The summed E-state index contributed by atoms with van der Waals surface area (Å²) in [4.78, 5) is 12.2. The number of nitrogens with one attached hydrogen (secondary N) is 1. The van der Waals surface area contributed by atoms with Gasteiger partial charge in [-0.1, -0.05) is 19.9 Å². The van der Waals surface area contributed by atoms with Crippen LogP contribution in [0.4, 0.5) is 0 Å². The number of hydrogen-bond donors (Lipinski definition) is 1. The van der Waals surface area contributed by atoms with E-state index in [2.05, 4.69) is 19.2 Å². The first kappa shape index (κ1) is 16.1. The Hall–Kier alpha value is -1.75. The van der Waals surface area contributed by atoms with Crippen LogP contribution in [0.15, 0.2) is 18.2 Å². The Balaban J connectivity index is 1.46. The lowest BCUT2D eigenvalue weighted by atomic mass is 9.88. The molecule has 2 aliphatic heterocycles. The standard InChI is InChI=1S/C18H25NO4/c1-12(2)16-7-13(5-6-21-16)9-18(20)19-10-14-3-4-15-17(8-14)23-11-22-15/h3-4,8,12-13,16H,5-7,9-11H2,1-2H3,(H,19,20)/t13-,16+/m1/s1. The average Bonchev–Trinajstić information content (AvgIpc) is 3.01. The van der Waals surface area contributed by atoms with Crippen LogP contribution in [-0.2, 0) is 16.1 Å². The van der Waals surface area contributed by atoms with Crippen molar-refractivity contribution in [3.63, 3.8) is 0 Å². The predicted molar refractivity (Wildman–Crippen MR) is 86.3 cm³/mol. The van der Waals surface area contributed by atoms with Gasteiger partial charge in [-0.2, -0.15) is 0 Å². The molecule has 23 heavy (non-hydrogen) atoms. The van der Waals surface area contributed by atoms with Crippen molar-refractivity contribution in [2.24, 2.45) is 11.8 Å². The molecule has 0 radical (unpaired) electrons. The van der Waals surface area contributed by atoms with Gasteiger partial charge in [0.2, 0.25) is 12.7 Å². The fraction of sp³-hybridized carbons (Fsp3) is 0.611. The lowest BCUT2D eigenvalue weighted by Crippen LogP contribution is -2.33. The maximum atomic E-state index is 12.2. The van der Waals surface area contributed by atoms with Crippen molar-refractivity contribution in [3.8, 4) is 11.5 Å². The van der Waals surface area contributed by atoms with Gasteiger partial charge in [-0.3, -0.25) is 4.79 Å². The van der Waals surface area contributed by atoms with E-state index in [1.165, 1.54) is 0 Å². The first-order valence-electron chi connectivity index (χ1n) is 8.38. The van der Waals surface area contributed by atoms with Crippen molar-refractivity contribution in [1.29, 1.82) is 0 Å². The number of ether oxygens (including phenoxy) is 3. The second kappa shape index (κ2) is 7.21. The van der Waals surface area contributed by atoms with Crippen molar-refractivity contribution in [3.05, 3.63) is 23.8 Å². The molecule has 0 saturated carbocycles. The number of amides is 1. The van der Waals surface area contributed by atoms with Gasteiger partial charge in [-0.05, 0) is 42.4 Å². The summed E-state index contributed by atoms with van der Waals surface area (Å²) >= 11 is 0. The predicted octanol–water partition coefficient (Wildman–Crippen LogP) is 2.87. The largest absolute Gasteiger partial charge is 0.454 e. The van der Waals surface area contributed by atoms with Crippen LogP contribution in [0.2, 0.25) is 0 Å². The van der Waals surface area contributed by atoms with E-state index in [0.29, 0.717) is 24.8 Å². The summed E-state index contributed by atoms with van der Waals surface area (Å²) in [6, 6.07) is 5.76. The van der Waals surface area contributed by atoms with Gasteiger partial charge >= 0.3 is 0 Å². The molecule has 5 heteroatoms. The summed E-state index contributed by atoms with van der Waals surface area (Å²) in [7, 11) is 0. The minimum atomic E-state index is 0.108. The van der Waals surface area contributed by atoms with Crippen molar-refractivity contribution in [2.75, 3.05) is 13.4 Å². The van der Waals surface area contributed by atoms with Crippen LogP contribution in [0, 0.1) is 11.8 Å². The van der Waals surface area contributed by atoms with Gasteiger partial charge in [0.25, 0.3) is 0 Å². The van der Waals surface area contributed by atoms with Gasteiger partial charge in [0, 0.05) is 19.6 Å². The van der Waals surface area contributed by atoms with Gasteiger partial charge in [-0.15, -0.1) is 0 Å². The Kier molecular flexibility index (Phi) is 5.06.